The average Bonchev–Trinajstić information content (AvgIpc) is 2.72. The first-order chi connectivity index (χ1) is 9.17. The normalized spacial score (nSPS) is 11.4. The van der Waals surface area contributed by atoms with Crippen molar-refractivity contribution in [1.29, 1.82) is 0 Å². The first-order valence-corrected chi connectivity index (χ1v) is 6.73. The first kappa shape index (κ1) is 12.1. The van der Waals surface area contributed by atoms with Crippen LogP contribution < -0.4 is 4.74 Å². The van der Waals surface area contributed by atoms with E-state index in [0.717, 1.165) is 12.3 Å². The van der Waals surface area contributed by atoms with Crippen molar-refractivity contribution >= 4 is 21.8 Å². The Kier molecular flexibility index (Phi) is 2.74. The van der Waals surface area contributed by atoms with Crippen molar-refractivity contribution in [2.24, 2.45) is 0 Å². The highest BCUT2D eigenvalue weighted by molar-refractivity contribution is 6.11. The van der Waals surface area contributed by atoms with E-state index in [2.05, 4.69) is 55.7 Å². The lowest BCUT2D eigenvalue weighted by molar-refractivity contribution is 0.417. The molecule has 0 saturated heterocycles. The second-order valence-corrected chi connectivity index (χ2v) is 5.07. The third-order valence-corrected chi connectivity index (χ3v) is 3.86. The molecule has 0 aliphatic rings. The molecule has 3 aromatic rings. The minimum Gasteiger partial charge on any atom is -0.496 e. The predicted octanol–water partition coefficient (Wildman–Crippen LogP) is 4.44. The van der Waals surface area contributed by atoms with Gasteiger partial charge in [-0.25, -0.2) is 0 Å². The lowest BCUT2D eigenvalue weighted by Crippen LogP contribution is -1.93. The summed E-state index contributed by atoms with van der Waals surface area (Å²) in [4.78, 5) is 0. The largest absolute Gasteiger partial charge is 0.496 e. The number of benzene rings is 2. The maximum atomic E-state index is 5.65. The topological polar surface area (TPSA) is 14.2 Å². The molecule has 0 radical (unpaired) electrons. The highest BCUT2D eigenvalue weighted by Gasteiger charge is 2.15. The Balaban J connectivity index is 2.60. The summed E-state index contributed by atoms with van der Waals surface area (Å²) < 4.78 is 8.00. The van der Waals surface area contributed by atoms with Gasteiger partial charge in [-0.05, 0) is 44.5 Å². The summed E-state index contributed by atoms with van der Waals surface area (Å²) in [5, 5.41) is 2.53. The van der Waals surface area contributed by atoms with Crippen LogP contribution in [0, 0.1) is 13.8 Å². The fraction of sp³-hybridized carbons (Fsp3) is 0.294. The minimum absolute atomic E-state index is 0.968. The molecule has 0 amide bonds. The molecule has 1 heterocycles. The van der Waals surface area contributed by atoms with Crippen LogP contribution in [0.1, 0.15) is 18.1 Å². The van der Waals surface area contributed by atoms with E-state index in [0.29, 0.717) is 0 Å². The highest BCUT2D eigenvalue weighted by Crippen LogP contribution is 2.37. The van der Waals surface area contributed by atoms with Gasteiger partial charge in [0.25, 0.3) is 0 Å². The number of methoxy groups -OCH3 is 1. The van der Waals surface area contributed by atoms with Crippen LogP contribution in [0.5, 0.6) is 5.75 Å². The molecule has 0 saturated carbocycles. The molecule has 2 nitrogen and oxygen atoms in total. The lowest BCUT2D eigenvalue weighted by Gasteiger charge is -2.07. The number of aromatic nitrogens is 1. The maximum Gasteiger partial charge on any atom is 0.131 e. The van der Waals surface area contributed by atoms with Crippen LogP contribution in [-0.4, -0.2) is 11.7 Å². The second kappa shape index (κ2) is 4.30. The van der Waals surface area contributed by atoms with Gasteiger partial charge in [-0.3, -0.25) is 0 Å². The van der Waals surface area contributed by atoms with Crippen LogP contribution in [0.4, 0.5) is 0 Å². The Bertz CT molecular complexity index is 768. The molecule has 2 aromatic carbocycles. The van der Waals surface area contributed by atoms with Crippen molar-refractivity contribution in [2.75, 3.05) is 7.11 Å². The van der Waals surface area contributed by atoms with Crippen molar-refractivity contribution in [3.05, 3.63) is 41.5 Å². The molecular formula is C17H19NO. The maximum absolute atomic E-state index is 5.65. The smallest absolute Gasteiger partial charge is 0.131 e. The molecule has 0 aliphatic carbocycles. The van der Waals surface area contributed by atoms with E-state index >= 15 is 0 Å². The van der Waals surface area contributed by atoms with E-state index in [1.165, 1.54) is 32.9 Å². The third-order valence-electron chi connectivity index (χ3n) is 3.86. The lowest BCUT2D eigenvalue weighted by atomic mass is 10.1. The van der Waals surface area contributed by atoms with Crippen molar-refractivity contribution < 1.29 is 4.74 Å². The van der Waals surface area contributed by atoms with Gasteiger partial charge in [-0.2, -0.15) is 0 Å². The van der Waals surface area contributed by atoms with Crippen LogP contribution >= 0.6 is 0 Å². The second-order valence-electron chi connectivity index (χ2n) is 5.07. The highest BCUT2D eigenvalue weighted by atomic mass is 16.5. The summed E-state index contributed by atoms with van der Waals surface area (Å²) in [7, 11) is 1.76. The van der Waals surface area contributed by atoms with Crippen molar-refractivity contribution in [3.8, 4) is 5.75 Å². The van der Waals surface area contributed by atoms with Gasteiger partial charge < -0.3 is 9.30 Å². The molecule has 3 rings (SSSR count). The van der Waals surface area contributed by atoms with Gasteiger partial charge in [0.15, 0.2) is 0 Å². The van der Waals surface area contributed by atoms with Crippen LogP contribution in [-0.2, 0) is 6.54 Å². The van der Waals surface area contributed by atoms with Gasteiger partial charge >= 0.3 is 0 Å². The quantitative estimate of drug-likeness (QED) is 0.658. The number of hydrogen-bond donors (Lipinski definition) is 0. The summed E-state index contributed by atoms with van der Waals surface area (Å²) in [6.45, 7) is 7.39. The van der Waals surface area contributed by atoms with E-state index in [9.17, 15) is 0 Å². The molecule has 0 N–H and O–H groups in total. The molecule has 0 unspecified atom stereocenters. The van der Waals surface area contributed by atoms with E-state index in [1.54, 1.807) is 7.11 Å². The monoisotopic (exact) mass is 253 g/mol. The standard InChI is InChI=1S/C17H19NO/c1-5-18-14-8-6-11(2)10-13(14)16-15(18)9-7-12(3)17(16)19-4/h6-10H,5H2,1-4H3. The molecular weight excluding hydrogens is 234 g/mol. The van der Waals surface area contributed by atoms with Crippen LogP contribution in [0.25, 0.3) is 21.8 Å². The van der Waals surface area contributed by atoms with Gasteiger partial charge in [0.1, 0.15) is 5.75 Å². The van der Waals surface area contributed by atoms with Crippen LogP contribution in [0.15, 0.2) is 30.3 Å². The van der Waals surface area contributed by atoms with Gasteiger partial charge in [0.05, 0.1) is 12.6 Å². The van der Waals surface area contributed by atoms with Crippen molar-refractivity contribution in [3.63, 3.8) is 0 Å². The number of fused-ring (bicyclic) bond motifs is 3. The summed E-state index contributed by atoms with van der Waals surface area (Å²) in [6.07, 6.45) is 0. The zero-order valence-electron chi connectivity index (χ0n) is 11.9. The molecule has 0 aliphatic heterocycles. The third kappa shape index (κ3) is 1.63. The van der Waals surface area contributed by atoms with Gasteiger partial charge in [-0.1, -0.05) is 17.7 Å². The van der Waals surface area contributed by atoms with Gasteiger partial charge in [0, 0.05) is 22.8 Å². The number of aryl methyl sites for hydroxylation is 3. The first-order valence-electron chi connectivity index (χ1n) is 6.73. The van der Waals surface area contributed by atoms with E-state index in [1.807, 2.05) is 0 Å². The fourth-order valence-electron chi connectivity index (χ4n) is 2.98. The Labute approximate surface area is 113 Å². The molecule has 0 spiro atoms. The average molecular weight is 253 g/mol. The SMILES string of the molecule is CCn1c2ccc(C)cc2c2c(OC)c(C)ccc21. The van der Waals surface area contributed by atoms with E-state index < -0.39 is 0 Å². The molecule has 0 bridgehead atoms. The summed E-state index contributed by atoms with van der Waals surface area (Å²) >= 11 is 0. The number of hydrogen-bond acceptors (Lipinski definition) is 1. The number of rotatable bonds is 2. The van der Waals surface area contributed by atoms with Gasteiger partial charge in [-0.15, -0.1) is 0 Å². The molecule has 0 fully saturated rings. The fourth-order valence-corrected chi connectivity index (χ4v) is 2.98. The molecule has 1 aromatic heterocycles. The Hall–Kier alpha value is -1.96. The minimum atomic E-state index is 0.968. The summed E-state index contributed by atoms with van der Waals surface area (Å²) in [6, 6.07) is 11.0. The summed E-state index contributed by atoms with van der Waals surface area (Å²) in [5.74, 6) is 1.00. The van der Waals surface area contributed by atoms with Crippen LogP contribution in [0.3, 0.4) is 0 Å². The van der Waals surface area contributed by atoms with Crippen LogP contribution in [0.2, 0.25) is 0 Å². The summed E-state index contributed by atoms with van der Waals surface area (Å²) in [5.41, 5.74) is 5.01. The van der Waals surface area contributed by atoms with Crippen molar-refractivity contribution in [1.82, 2.24) is 4.57 Å². The Morgan fingerprint density at radius 3 is 2.47 bits per heavy atom. The predicted molar refractivity (Wildman–Crippen MR) is 81.1 cm³/mol. The molecule has 0 atom stereocenters. The molecule has 98 valence electrons. The Morgan fingerprint density at radius 2 is 1.79 bits per heavy atom. The number of nitrogens with zero attached hydrogens (tertiary/aromatic N) is 1. The van der Waals surface area contributed by atoms with Crippen molar-refractivity contribution in [2.45, 2.75) is 27.3 Å². The van der Waals surface area contributed by atoms with E-state index in [-0.39, 0.29) is 0 Å². The molecule has 19 heavy (non-hydrogen) atoms. The zero-order chi connectivity index (χ0) is 13.6. The zero-order valence-corrected chi connectivity index (χ0v) is 11.9. The molecule has 2 heteroatoms. The van der Waals surface area contributed by atoms with Gasteiger partial charge in [0.2, 0.25) is 0 Å². The van der Waals surface area contributed by atoms with E-state index in [4.69, 9.17) is 4.74 Å². The Morgan fingerprint density at radius 1 is 1.05 bits per heavy atom. The number of ether oxygens (including phenoxy) is 1.